The van der Waals surface area contributed by atoms with Crippen LogP contribution in [0.25, 0.3) is 0 Å². The minimum absolute atomic E-state index is 0.213. The Morgan fingerprint density at radius 2 is 1.96 bits per heavy atom. The number of methoxy groups -OCH3 is 1. The molecule has 7 heteroatoms. The zero-order valence-corrected chi connectivity index (χ0v) is 16.1. The third kappa shape index (κ3) is 4.81. The van der Waals surface area contributed by atoms with Gasteiger partial charge in [0.25, 0.3) is 5.91 Å². The molecule has 3 aromatic rings. The number of rotatable bonds is 3. The van der Waals surface area contributed by atoms with Crippen LogP contribution in [0.2, 0.25) is 0 Å². The first-order valence-corrected chi connectivity index (χ1v) is 10.2. The van der Waals surface area contributed by atoms with E-state index in [2.05, 4.69) is 26.2 Å². The summed E-state index contributed by atoms with van der Waals surface area (Å²) < 4.78 is 22.0. The van der Waals surface area contributed by atoms with Gasteiger partial charge in [0.2, 0.25) is 0 Å². The van der Waals surface area contributed by atoms with Crippen molar-refractivity contribution in [2.45, 2.75) is 4.90 Å². The van der Waals surface area contributed by atoms with Gasteiger partial charge in [-0.3, -0.25) is 9.78 Å². The summed E-state index contributed by atoms with van der Waals surface area (Å²) in [6.07, 6.45) is 5.98. The number of pyridine rings is 2. The Morgan fingerprint density at radius 1 is 1.11 bits per heavy atom. The first-order chi connectivity index (χ1) is 13.5. The molecule has 28 heavy (non-hydrogen) atoms. The first-order valence-electron chi connectivity index (χ1n) is 8.26. The molecule has 2 aromatic heterocycles. The molecule has 0 N–H and O–H groups in total. The third-order valence-electron chi connectivity index (χ3n) is 3.72. The molecule has 6 nitrogen and oxygen atoms in total. The lowest BCUT2D eigenvalue weighted by atomic mass is 10.2. The summed E-state index contributed by atoms with van der Waals surface area (Å²) in [6, 6.07) is 13.7. The van der Waals surface area contributed by atoms with Crippen LogP contribution in [0.1, 0.15) is 21.6 Å². The minimum atomic E-state index is -2.94. The molecule has 2 heterocycles. The van der Waals surface area contributed by atoms with E-state index in [1.807, 2.05) is 6.07 Å². The van der Waals surface area contributed by atoms with Gasteiger partial charge < -0.3 is 4.74 Å². The normalized spacial score (nSPS) is 12.2. The Labute approximate surface area is 163 Å². The van der Waals surface area contributed by atoms with Crippen LogP contribution in [-0.2, 0) is 9.73 Å². The number of nitrogens with zero attached hydrogens (tertiary/aromatic N) is 3. The van der Waals surface area contributed by atoms with Gasteiger partial charge in [-0.05, 0) is 42.3 Å². The van der Waals surface area contributed by atoms with Crippen LogP contribution in [0.5, 0.6) is 5.75 Å². The summed E-state index contributed by atoms with van der Waals surface area (Å²) in [5.41, 5.74) is 1.36. The molecule has 0 saturated heterocycles. The number of ether oxygens (including phenoxy) is 1. The number of carbonyl (C=O) groups is 1. The standard InChI is InChI=1S/C21H17N3O3S/c1-27-19-7-5-8-20(13-19)28(2,26)24-21(25)17-12-16(14-22-15-17)9-10-18-6-3-4-11-23-18/h3-8,11-15H,1-2H3. The van der Waals surface area contributed by atoms with Gasteiger partial charge in [0.1, 0.15) is 11.4 Å². The molecule has 1 atom stereocenters. The van der Waals surface area contributed by atoms with E-state index in [0.29, 0.717) is 21.9 Å². The van der Waals surface area contributed by atoms with Crippen molar-refractivity contribution < 1.29 is 13.7 Å². The minimum Gasteiger partial charge on any atom is -0.497 e. The first kappa shape index (κ1) is 19.3. The summed E-state index contributed by atoms with van der Waals surface area (Å²) in [4.78, 5) is 21.1. The van der Waals surface area contributed by atoms with Crippen LogP contribution in [0.3, 0.4) is 0 Å². The Hall–Kier alpha value is -3.50. The van der Waals surface area contributed by atoms with Crippen LogP contribution in [-0.4, -0.2) is 33.4 Å². The van der Waals surface area contributed by atoms with Crippen molar-refractivity contribution in [2.75, 3.05) is 13.4 Å². The second-order valence-corrected chi connectivity index (χ2v) is 8.06. The zero-order valence-electron chi connectivity index (χ0n) is 15.3. The van der Waals surface area contributed by atoms with Crippen molar-refractivity contribution in [3.05, 3.63) is 83.9 Å². The molecule has 0 aliphatic carbocycles. The van der Waals surface area contributed by atoms with Gasteiger partial charge >= 0.3 is 0 Å². The summed E-state index contributed by atoms with van der Waals surface area (Å²) in [7, 11) is -1.42. The SMILES string of the molecule is COc1cccc(S(C)(=O)=NC(=O)c2cncc(C#Cc3ccccn3)c2)c1. The van der Waals surface area contributed by atoms with Gasteiger partial charge in [-0.15, -0.1) is 0 Å². The van der Waals surface area contributed by atoms with E-state index in [-0.39, 0.29) is 5.56 Å². The Balaban J connectivity index is 1.89. The van der Waals surface area contributed by atoms with E-state index >= 15 is 0 Å². The van der Waals surface area contributed by atoms with Crippen LogP contribution >= 0.6 is 0 Å². The molecule has 1 aromatic carbocycles. The Bertz CT molecular complexity index is 1190. The second-order valence-electron chi connectivity index (χ2n) is 5.81. The number of benzene rings is 1. The average Bonchev–Trinajstić information content (AvgIpc) is 2.73. The van der Waals surface area contributed by atoms with Crippen molar-refractivity contribution in [3.8, 4) is 17.6 Å². The third-order valence-corrected chi connectivity index (χ3v) is 5.36. The summed E-state index contributed by atoms with van der Waals surface area (Å²) in [5.74, 6) is 5.73. The molecule has 0 fully saturated rings. The van der Waals surface area contributed by atoms with Crippen molar-refractivity contribution in [1.29, 1.82) is 0 Å². The predicted octanol–water partition coefficient (Wildman–Crippen LogP) is 3.18. The highest BCUT2D eigenvalue weighted by atomic mass is 32.2. The van der Waals surface area contributed by atoms with Gasteiger partial charge in [0.15, 0.2) is 0 Å². The number of hydrogen-bond acceptors (Lipinski definition) is 5. The van der Waals surface area contributed by atoms with Crippen molar-refractivity contribution in [1.82, 2.24) is 9.97 Å². The fraction of sp³-hybridized carbons (Fsp3) is 0.0952. The van der Waals surface area contributed by atoms with E-state index in [1.54, 1.807) is 48.7 Å². The fourth-order valence-electron chi connectivity index (χ4n) is 2.30. The smallest absolute Gasteiger partial charge is 0.286 e. The van der Waals surface area contributed by atoms with Gasteiger partial charge in [-0.2, -0.15) is 4.36 Å². The summed E-state index contributed by atoms with van der Waals surface area (Å²) in [6.45, 7) is 0. The van der Waals surface area contributed by atoms with Gasteiger partial charge in [-0.1, -0.05) is 18.1 Å². The lowest BCUT2D eigenvalue weighted by Gasteiger charge is -2.06. The van der Waals surface area contributed by atoms with Crippen molar-refractivity contribution in [3.63, 3.8) is 0 Å². The number of hydrogen-bond donors (Lipinski definition) is 0. The maximum Gasteiger partial charge on any atom is 0.286 e. The highest BCUT2D eigenvalue weighted by Gasteiger charge is 2.13. The van der Waals surface area contributed by atoms with E-state index in [0.717, 1.165) is 0 Å². The van der Waals surface area contributed by atoms with E-state index in [9.17, 15) is 9.00 Å². The topological polar surface area (TPSA) is 81.5 Å². The molecule has 140 valence electrons. The lowest BCUT2D eigenvalue weighted by molar-refractivity contribution is 0.100. The molecule has 0 saturated carbocycles. The van der Waals surface area contributed by atoms with Crippen LogP contribution in [0.4, 0.5) is 0 Å². The molecule has 0 spiro atoms. The Kier molecular flexibility index (Phi) is 5.82. The van der Waals surface area contributed by atoms with E-state index in [4.69, 9.17) is 4.74 Å². The molecular weight excluding hydrogens is 374 g/mol. The van der Waals surface area contributed by atoms with Crippen molar-refractivity contribution in [2.24, 2.45) is 4.36 Å². The fourth-order valence-corrected chi connectivity index (χ4v) is 3.49. The molecule has 1 unspecified atom stereocenters. The van der Waals surface area contributed by atoms with Crippen LogP contribution in [0, 0.1) is 11.8 Å². The molecule has 0 aliphatic rings. The van der Waals surface area contributed by atoms with Crippen LogP contribution in [0.15, 0.2) is 76.4 Å². The molecular formula is C21H17N3O3S. The molecule has 0 aliphatic heterocycles. The number of amides is 1. The lowest BCUT2D eigenvalue weighted by Crippen LogP contribution is -2.05. The van der Waals surface area contributed by atoms with Gasteiger partial charge in [0.05, 0.1) is 27.3 Å². The van der Waals surface area contributed by atoms with E-state index in [1.165, 1.54) is 25.8 Å². The molecule has 0 radical (unpaired) electrons. The highest BCUT2D eigenvalue weighted by Crippen LogP contribution is 2.19. The molecule has 3 rings (SSSR count). The predicted molar refractivity (Wildman–Crippen MR) is 107 cm³/mol. The number of carbonyl (C=O) groups excluding carboxylic acids is 1. The quantitative estimate of drug-likeness (QED) is 0.641. The summed E-state index contributed by atoms with van der Waals surface area (Å²) in [5, 5.41) is 0. The second kappa shape index (κ2) is 8.46. The molecule has 0 bridgehead atoms. The van der Waals surface area contributed by atoms with E-state index < -0.39 is 15.6 Å². The zero-order chi connectivity index (χ0) is 20.0. The van der Waals surface area contributed by atoms with Crippen molar-refractivity contribution >= 4 is 15.6 Å². The largest absolute Gasteiger partial charge is 0.497 e. The molecule has 1 amide bonds. The Morgan fingerprint density at radius 3 is 2.71 bits per heavy atom. The number of aromatic nitrogens is 2. The van der Waals surface area contributed by atoms with Gasteiger partial charge in [0, 0.05) is 30.4 Å². The highest BCUT2D eigenvalue weighted by molar-refractivity contribution is 7.93. The van der Waals surface area contributed by atoms with Gasteiger partial charge in [-0.25, -0.2) is 9.19 Å². The maximum absolute atomic E-state index is 12.9. The monoisotopic (exact) mass is 391 g/mol. The average molecular weight is 391 g/mol. The summed E-state index contributed by atoms with van der Waals surface area (Å²) >= 11 is 0. The van der Waals surface area contributed by atoms with Crippen LogP contribution < -0.4 is 4.74 Å². The maximum atomic E-state index is 12.9.